The zero-order chi connectivity index (χ0) is 18.7. The number of carbonyl (C=O) groups is 2. The van der Waals surface area contributed by atoms with Gasteiger partial charge in [-0.3, -0.25) is 14.3 Å². The lowest BCUT2D eigenvalue weighted by Gasteiger charge is -2.39. The van der Waals surface area contributed by atoms with Crippen LogP contribution in [0, 0.1) is 12.3 Å². The van der Waals surface area contributed by atoms with E-state index in [1.165, 1.54) is 0 Å². The van der Waals surface area contributed by atoms with Gasteiger partial charge in [0, 0.05) is 45.5 Å². The van der Waals surface area contributed by atoms with E-state index in [-0.39, 0.29) is 11.8 Å². The largest absolute Gasteiger partial charge is 0.383 e. The van der Waals surface area contributed by atoms with Crippen molar-refractivity contribution < 1.29 is 14.3 Å². The van der Waals surface area contributed by atoms with E-state index < -0.39 is 5.41 Å². The Bertz CT molecular complexity index is 672. The smallest absolute Gasteiger partial charge is 0.257 e. The molecule has 1 aromatic rings. The summed E-state index contributed by atoms with van der Waals surface area (Å²) in [5.74, 6) is 0.193. The number of likely N-dealkylation sites (tertiary alicyclic amines) is 2. The Morgan fingerprint density at radius 3 is 2.85 bits per heavy atom. The van der Waals surface area contributed by atoms with Crippen LogP contribution in [-0.2, 0) is 16.1 Å². The molecule has 0 aromatic carbocycles. The highest BCUT2D eigenvalue weighted by Gasteiger charge is 2.49. The molecule has 3 rings (SSSR count). The molecule has 0 bridgehead atoms. The van der Waals surface area contributed by atoms with Gasteiger partial charge in [0.05, 0.1) is 23.8 Å². The minimum absolute atomic E-state index is 0.00328. The van der Waals surface area contributed by atoms with Gasteiger partial charge in [-0.2, -0.15) is 5.10 Å². The number of nitrogens with zero attached hydrogens (tertiary/aromatic N) is 4. The Hall–Kier alpha value is -1.89. The fourth-order valence-electron chi connectivity index (χ4n) is 4.26. The van der Waals surface area contributed by atoms with E-state index in [4.69, 9.17) is 4.74 Å². The summed E-state index contributed by atoms with van der Waals surface area (Å²) >= 11 is 0. The molecule has 1 spiro atoms. The summed E-state index contributed by atoms with van der Waals surface area (Å²) in [6.07, 6.45) is 5.27. The first kappa shape index (κ1) is 18.9. The van der Waals surface area contributed by atoms with Gasteiger partial charge in [-0.1, -0.05) is 6.92 Å². The predicted molar refractivity (Wildman–Crippen MR) is 97.9 cm³/mol. The third-order valence-corrected chi connectivity index (χ3v) is 5.80. The molecule has 7 nitrogen and oxygen atoms in total. The third kappa shape index (κ3) is 3.37. The lowest BCUT2D eigenvalue weighted by molar-refractivity contribution is -0.146. The topological polar surface area (TPSA) is 67.7 Å². The normalized spacial score (nSPS) is 23.3. The van der Waals surface area contributed by atoms with Crippen molar-refractivity contribution in [3.05, 3.63) is 17.5 Å². The van der Waals surface area contributed by atoms with E-state index in [1.807, 2.05) is 21.4 Å². The average molecular weight is 362 g/mol. The Balaban J connectivity index is 1.71. The summed E-state index contributed by atoms with van der Waals surface area (Å²) < 4.78 is 7.02. The molecule has 144 valence electrons. The zero-order valence-electron chi connectivity index (χ0n) is 16.2. The molecular weight excluding hydrogens is 332 g/mol. The van der Waals surface area contributed by atoms with Crippen LogP contribution in [0.5, 0.6) is 0 Å². The maximum atomic E-state index is 13.0. The molecule has 2 fully saturated rings. The summed E-state index contributed by atoms with van der Waals surface area (Å²) in [4.78, 5) is 29.8. The number of aryl methyl sites for hydroxylation is 1. The van der Waals surface area contributed by atoms with Gasteiger partial charge >= 0.3 is 0 Å². The van der Waals surface area contributed by atoms with Crippen LogP contribution in [0.2, 0.25) is 0 Å². The second-order valence-electron chi connectivity index (χ2n) is 7.51. The molecule has 0 saturated carbocycles. The maximum absolute atomic E-state index is 13.0. The van der Waals surface area contributed by atoms with Crippen LogP contribution in [-0.4, -0.2) is 71.3 Å². The lowest BCUT2D eigenvalue weighted by Crippen LogP contribution is -2.51. The average Bonchev–Trinajstić information content (AvgIpc) is 3.22. The molecule has 0 radical (unpaired) electrons. The van der Waals surface area contributed by atoms with Gasteiger partial charge in [-0.25, -0.2) is 0 Å². The lowest BCUT2D eigenvalue weighted by atomic mass is 9.78. The van der Waals surface area contributed by atoms with Crippen LogP contribution in [0.15, 0.2) is 6.20 Å². The van der Waals surface area contributed by atoms with Crippen molar-refractivity contribution in [3.63, 3.8) is 0 Å². The van der Waals surface area contributed by atoms with Crippen LogP contribution >= 0.6 is 0 Å². The van der Waals surface area contributed by atoms with Gasteiger partial charge in [-0.15, -0.1) is 0 Å². The van der Waals surface area contributed by atoms with Crippen molar-refractivity contribution in [2.75, 3.05) is 39.9 Å². The Kier molecular flexibility index (Phi) is 5.65. The molecule has 1 aromatic heterocycles. The van der Waals surface area contributed by atoms with Crippen molar-refractivity contribution in [1.82, 2.24) is 19.6 Å². The second kappa shape index (κ2) is 7.78. The van der Waals surface area contributed by atoms with E-state index in [9.17, 15) is 9.59 Å². The molecule has 2 aliphatic rings. The second-order valence-corrected chi connectivity index (χ2v) is 7.51. The molecule has 2 saturated heterocycles. The predicted octanol–water partition coefficient (Wildman–Crippen LogP) is 1.70. The first-order chi connectivity index (χ1) is 12.5. The standard InChI is InChI=1S/C19H30N4O3/c1-4-8-23-15(2)16(13-20-23)17(24)22-10-7-19(14-22)6-5-9-21(18(19)25)11-12-26-3/h13H,4-12,14H2,1-3H3/t19-/m0/s1. The number of methoxy groups -OCH3 is 1. The number of aromatic nitrogens is 2. The third-order valence-electron chi connectivity index (χ3n) is 5.80. The number of hydrogen-bond acceptors (Lipinski definition) is 4. The number of amides is 2. The van der Waals surface area contributed by atoms with Gasteiger partial charge in [0.1, 0.15) is 0 Å². The highest BCUT2D eigenvalue weighted by molar-refractivity contribution is 5.96. The molecule has 0 aliphatic carbocycles. The molecule has 1 atom stereocenters. The Morgan fingerprint density at radius 2 is 2.12 bits per heavy atom. The van der Waals surface area contributed by atoms with Crippen LogP contribution in [0.3, 0.4) is 0 Å². The summed E-state index contributed by atoms with van der Waals surface area (Å²) in [5, 5.41) is 4.34. The highest BCUT2D eigenvalue weighted by atomic mass is 16.5. The monoisotopic (exact) mass is 362 g/mol. The number of carbonyl (C=O) groups excluding carboxylic acids is 2. The minimum atomic E-state index is -0.408. The number of hydrogen-bond donors (Lipinski definition) is 0. The Labute approximate surface area is 155 Å². The van der Waals surface area contributed by atoms with Crippen LogP contribution in [0.25, 0.3) is 0 Å². The van der Waals surface area contributed by atoms with E-state index in [0.29, 0.717) is 31.8 Å². The quantitative estimate of drug-likeness (QED) is 0.772. The van der Waals surface area contributed by atoms with Crippen molar-refractivity contribution >= 4 is 11.8 Å². The summed E-state index contributed by atoms with van der Waals surface area (Å²) in [5.41, 5.74) is 1.17. The molecule has 3 heterocycles. The van der Waals surface area contributed by atoms with Crippen LogP contribution in [0.4, 0.5) is 0 Å². The van der Waals surface area contributed by atoms with Gasteiger partial charge in [0.2, 0.25) is 5.91 Å². The molecule has 7 heteroatoms. The van der Waals surface area contributed by atoms with Gasteiger partial charge in [0.15, 0.2) is 0 Å². The molecular formula is C19H30N4O3. The highest BCUT2D eigenvalue weighted by Crippen LogP contribution is 2.40. The first-order valence-corrected chi connectivity index (χ1v) is 9.62. The summed E-state index contributed by atoms with van der Waals surface area (Å²) in [6.45, 7) is 8.00. The Morgan fingerprint density at radius 1 is 1.31 bits per heavy atom. The molecule has 2 aliphatic heterocycles. The number of rotatable bonds is 6. The minimum Gasteiger partial charge on any atom is -0.383 e. The SMILES string of the molecule is CCCn1ncc(C(=O)N2CC[C@@]3(CCCN(CCOC)C3=O)C2)c1C. The number of ether oxygens (including phenoxy) is 1. The van der Waals surface area contributed by atoms with Crippen LogP contribution in [0.1, 0.15) is 48.7 Å². The fourth-order valence-corrected chi connectivity index (χ4v) is 4.26. The van der Waals surface area contributed by atoms with Gasteiger partial charge in [0.25, 0.3) is 5.91 Å². The molecule has 2 amide bonds. The van der Waals surface area contributed by atoms with Crippen LogP contribution < -0.4 is 0 Å². The van der Waals surface area contributed by atoms with Crippen molar-refractivity contribution in [3.8, 4) is 0 Å². The fraction of sp³-hybridized carbons (Fsp3) is 0.737. The summed E-state index contributed by atoms with van der Waals surface area (Å²) in [7, 11) is 1.65. The summed E-state index contributed by atoms with van der Waals surface area (Å²) in [6, 6.07) is 0. The van der Waals surface area contributed by atoms with E-state index >= 15 is 0 Å². The van der Waals surface area contributed by atoms with Crippen molar-refractivity contribution in [2.45, 2.75) is 46.1 Å². The van der Waals surface area contributed by atoms with Gasteiger partial charge < -0.3 is 14.5 Å². The maximum Gasteiger partial charge on any atom is 0.257 e. The number of piperidine rings is 1. The van der Waals surface area contributed by atoms with Crippen molar-refractivity contribution in [2.24, 2.45) is 5.41 Å². The van der Waals surface area contributed by atoms with E-state index in [0.717, 1.165) is 44.5 Å². The van der Waals surface area contributed by atoms with E-state index in [2.05, 4.69) is 12.0 Å². The molecule has 0 unspecified atom stereocenters. The van der Waals surface area contributed by atoms with Gasteiger partial charge in [-0.05, 0) is 32.6 Å². The van der Waals surface area contributed by atoms with Crippen molar-refractivity contribution in [1.29, 1.82) is 0 Å². The zero-order valence-corrected chi connectivity index (χ0v) is 16.2. The van der Waals surface area contributed by atoms with E-state index in [1.54, 1.807) is 13.3 Å². The first-order valence-electron chi connectivity index (χ1n) is 9.62. The molecule has 26 heavy (non-hydrogen) atoms. The molecule has 0 N–H and O–H groups in total.